The smallest absolute Gasteiger partial charge is 0.287 e. The van der Waals surface area contributed by atoms with E-state index in [2.05, 4.69) is 10.3 Å². The summed E-state index contributed by atoms with van der Waals surface area (Å²) in [5.74, 6) is 0.434. The lowest BCUT2D eigenvalue weighted by Gasteiger charge is -2.25. The van der Waals surface area contributed by atoms with E-state index in [9.17, 15) is 9.59 Å². The molecule has 25 heavy (non-hydrogen) atoms. The Labute approximate surface area is 147 Å². The molecule has 1 aliphatic rings. The lowest BCUT2D eigenvalue weighted by atomic mass is 9.94. The van der Waals surface area contributed by atoms with Crippen LogP contribution in [0.25, 0.3) is 0 Å². The lowest BCUT2D eigenvalue weighted by molar-refractivity contribution is -0.127. The van der Waals surface area contributed by atoms with Crippen molar-refractivity contribution in [1.29, 1.82) is 0 Å². The molecule has 2 amide bonds. The van der Waals surface area contributed by atoms with E-state index in [1.165, 1.54) is 6.26 Å². The first kappa shape index (κ1) is 17.2. The van der Waals surface area contributed by atoms with Crippen molar-refractivity contribution in [1.82, 2.24) is 15.2 Å². The second-order valence-corrected chi connectivity index (χ2v) is 6.76. The Kier molecular flexibility index (Phi) is 4.88. The van der Waals surface area contributed by atoms with Gasteiger partial charge in [-0.1, -0.05) is 13.8 Å². The monoisotopic (exact) mass is 341 g/mol. The molecule has 0 saturated carbocycles. The van der Waals surface area contributed by atoms with Crippen LogP contribution in [0.2, 0.25) is 0 Å². The van der Waals surface area contributed by atoms with Crippen molar-refractivity contribution in [2.45, 2.75) is 32.2 Å². The topological polar surface area (TPSA) is 75.4 Å². The summed E-state index contributed by atoms with van der Waals surface area (Å²) in [7, 11) is 1.80. The number of hydrogen-bond acceptors (Lipinski definition) is 4. The number of aromatic nitrogens is 1. The van der Waals surface area contributed by atoms with E-state index in [1.807, 2.05) is 32.0 Å². The summed E-state index contributed by atoms with van der Waals surface area (Å²) in [6, 6.07) is 5.60. The highest BCUT2D eigenvalue weighted by Crippen LogP contribution is 2.36. The Bertz CT molecular complexity index is 754. The number of carbonyl (C=O) groups is 2. The Morgan fingerprint density at radius 1 is 1.36 bits per heavy atom. The van der Waals surface area contributed by atoms with Crippen molar-refractivity contribution in [3.8, 4) is 0 Å². The van der Waals surface area contributed by atoms with E-state index in [0.717, 1.165) is 11.1 Å². The maximum atomic E-state index is 12.5. The molecule has 0 aliphatic carbocycles. The van der Waals surface area contributed by atoms with E-state index >= 15 is 0 Å². The van der Waals surface area contributed by atoms with Gasteiger partial charge in [0, 0.05) is 43.9 Å². The fourth-order valence-electron chi connectivity index (χ4n) is 3.45. The van der Waals surface area contributed by atoms with Crippen LogP contribution in [0.4, 0.5) is 0 Å². The summed E-state index contributed by atoms with van der Waals surface area (Å²) < 4.78 is 5.36. The van der Waals surface area contributed by atoms with E-state index in [4.69, 9.17) is 4.42 Å². The highest BCUT2D eigenvalue weighted by atomic mass is 16.3. The zero-order valence-corrected chi connectivity index (χ0v) is 14.7. The summed E-state index contributed by atoms with van der Waals surface area (Å²) in [6.45, 7) is 4.46. The van der Waals surface area contributed by atoms with Gasteiger partial charge in [-0.3, -0.25) is 14.6 Å². The number of nitrogens with one attached hydrogen (secondary N) is 1. The predicted octanol–water partition coefficient (Wildman–Crippen LogP) is 2.75. The van der Waals surface area contributed by atoms with Gasteiger partial charge in [0.1, 0.15) is 0 Å². The molecule has 6 nitrogen and oxygen atoms in total. The fraction of sp³-hybridized carbons (Fsp3) is 0.421. The molecule has 0 aromatic carbocycles. The fourth-order valence-corrected chi connectivity index (χ4v) is 3.45. The molecule has 3 heterocycles. The van der Waals surface area contributed by atoms with Crippen molar-refractivity contribution in [2.24, 2.45) is 5.92 Å². The minimum atomic E-state index is -0.232. The highest BCUT2D eigenvalue weighted by molar-refractivity contribution is 5.93. The van der Waals surface area contributed by atoms with Gasteiger partial charge in [-0.15, -0.1) is 0 Å². The number of furan rings is 1. The van der Waals surface area contributed by atoms with Gasteiger partial charge in [0.15, 0.2) is 5.76 Å². The third-order valence-electron chi connectivity index (χ3n) is 4.79. The van der Waals surface area contributed by atoms with Gasteiger partial charge in [-0.25, -0.2) is 0 Å². The zero-order chi connectivity index (χ0) is 18.0. The van der Waals surface area contributed by atoms with Crippen LogP contribution < -0.4 is 5.32 Å². The zero-order valence-electron chi connectivity index (χ0n) is 14.7. The summed E-state index contributed by atoms with van der Waals surface area (Å²) in [5.41, 5.74) is 1.92. The average Bonchev–Trinajstić information content (AvgIpc) is 3.19. The number of carbonyl (C=O) groups excluding carboxylic acids is 2. The molecular formula is C19H23N3O3. The minimum Gasteiger partial charge on any atom is -0.459 e. The minimum absolute atomic E-state index is 0.0151. The molecule has 0 unspecified atom stereocenters. The van der Waals surface area contributed by atoms with Gasteiger partial charge < -0.3 is 14.6 Å². The van der Waals surface area contributed by atoms with E-state index < -0.39 is 0 Å². The molecule has 1 fully saturated rings. The summed E-state index contributed by atoms with van der Waals surface area (Å²) in [6.07, 6.45) is 5.40. The van der Waals surface area contributed by atoms with Crippen molar-refractivity contribution in [3.63, 3.8) is 0 Å². The van der Waals surface area contributed by atoms with Crippen LogP contribution >= 0.6 is 0 Å². The van der Waals surface area contributed by atoms with Gasteiger partial charge >= 0.3 is 0 Å². The molecule has 1 saturated heterocycles. The normalized spacial score (nSPS) is 20.3. The van der Waals surface area contributed by atoms with Crippen molar-refractivity contribution >= 4 is 11.8 Å². The number of rotatable bonds is 5. The van der Waals surface area contributed by atoms with Crippen molar-refractivity contribution in [3.05, 3.63) is 53.7 Å². The molecule has 1 N–H and O–H groups in total. The number of nitrogens with zero attached hydrogens (tertiary/aromatic N) is 2. The van der Waals surface area contributed by atoms with Crippen LogP contribution in [0.15, 0.2) is 41.3 Å². The first-order chi connectivity index (χ1) is 12.0. The number of pyridine rings is 1. The van der Waals surface area contributed by atoms with Crippen LogP contribution in [0.1, 0.15) is 53.9 Å². The molecule has 0 spiro atoms. The Hall–Kier alpha value is -2.63. The van der Waals surface area contributed by atoms with E-state index in [1.54, 1.807) is 24.3 Å². The molecule has 1 aliphatic heterocycles. The van der Waals surface area contributed by atoms with Crippen LogP contribution in [-0.4, -0.2) is 35.3 Å². The van der Waals surface area contributed by atoms with Crippen LogP contribution in [0.5, 0.6) is 0 Å². The van der Waals surface area contributed by atoms with Gasteiger partial charge in [-0.2, -0.15) is 0 Å². The second kappa shape index (κ2) is 7.09. The summed E-state index contributed by atoms with van der Waals surface area (Å²) in [4.78, 5) is 30.4. The first-order valence-corrected chi connectivity index (χ1v) is 8.50. The molecular weight excluding hydrogens is 318 g/mol. The van der Waals surface area contributed by atoms with Crippen molar-refractivity contribution < 1.29 is 14.0 Å². The van der Waals surface area contributed by atoms with Gasteiger partial charge in [0.25, 0.3) is 5.91 Å². The molecule has 0 radical (unpaired) electrons. The van der Waals surface area contributed by atoms with Crippen molar-refractivity contribution in [2.75, 3.05) is 13.6 Å². The first-order valence-electron chi connectivity index (χ1n) is 8.50. The lowest BCUT2D eigenvalue weighted by Crippen LogP contribution is -2.32. The summed E-state index contributed by atoms with van der Waals surface area (Å²) in [5, 5.41) is 2.94. The van der Waals surface area contributed by atoms with Crippen LogP contribution in [-0.2, 0) is 4.79 Å². The van der Waals surface area contributed by atoms with Crippen LogP contribution in [0.3, 0.4) is 0 Å². The molecule has 132 valence electrons. The maximum Gasteiger partial charge on any atom is 0.287 e. The SMILES string of the molecule is CC(C)c1ccoc1C(=O)NC[C@@H]1CC(=O)N(C)[C@H]1c1ccncc1. The van der Waals surface area contributed by atoms with Gasteiger partial charge in [-0.05, 0) is 29.7 Å². The summed E-state index contributed by atoms with van der Waals surface area (Å²) >= 11 is 0. The Morgan fingerprint density at radius 3 is 2.76 bits per heavy atom. The Morgan fingerprint density at radius 2 is 2.08 bits per heavy atom. The predicted molar refractivity (Wildman–Crippen MR) is 93.0 cm³/mol. The quantitative estimate of drug-likeness (QED) is 0.907. The second-order valence-electron chi connectivity index (χ2n) is 6.76. The number of amides is 2. The molecule has 2 aromatic rings. The third kappa shape index (κ3) is 3.43. The van der Waals surface area contributed by atoms with E-state index in [-0.39, 0.29) is 29.7 Å². The Balaban J connectivity index is 1.72. The molecule has 6 heteroatoms. The van der Waals surface area contributed by atoms with Crippen LogP contribution in [0, 0.1) is 5.92 Å². The van der Waals surface area contributed by atoms with E-state index in [0.29, 0.717) is 18.7 Å². The third-order valence-corrected chi connectivity index (χ3v) is 4.79. The average molecular weight is 341 g/mol. The highest BCUT2D eigenvalue weighted by Gasteiger charge is 2.38. The molecule has 2 aromatic heterocycles. The number of hydrogen-bond donors (Lipinski definition) is 1. The number of likely N-dealkylation sites (tertiary alicyclic amines) is 1. The molecule has 3 rings (SSSR count). The van der Waals surface area contributed by atoms with Gasteiger partial charge in [0.2, 0.25) is 5.91 Å². The standard InChI is InChI=1S/C19H23N3O3/c1-12(2)15-6-9-25-18(15)19(24)21-11-14-10-16(23)22(3)17(14)13-4-7-20-8-5-13/h4-9,12,14,17H,10-11H2,1-3H3,(H,21,24)/t14-,17-/m0/s1. The van der Waals surface area contributed by atoms with Gasteiger partial charge in [0.05, 0.1) is 12.3 Å². The maximum absolute atomic E-state index is 12.5. The molecule has 2 atom stereocenters. The largest absolute Gasteiger partial charge is 0.459 e. The molecule has 0 bridgehead atoms.